The van der Waals surface area contributed by atoms with Gasteiger partial charge in [0.15, 0.2) is 0 Å². The van der Waals surface area contributed by atoms with Crippen molar-refractivity contribution in [1.29, 1.82) is 0 Å². The van der Waals surface area contributed by atoms with Crippen LogP contribution in [-0.2, 0) is 0 Å². The van der Waals surface area contributed by atoms with Crippen molar-refractivity contribution in [3.63, 3.8) is 0 Å². The van der Waals surface area contributed by atoms with Crippen molar-refractivity contribution >= 4 is 0 Å². The molecule has 4 rings (SSSR count). The first-order valence-corrected chi connectivity index (χ1v) is 15.8. The van der Waals surface area contributed by atoms with Gasteiger partial charge in [-0.05, 0) is 127 Å². The summed E-state index contributed by atoms with van der Waals surface area (Å²) in [6.07, 6.45) is 7.45. The molecule has 0 radical (unpaired) electrons. The Bertz CT molecular complexity index is 536. The minimum atomic E-state index is -0.0841. The maximum atomic E-state index is 9.22. The van der Waals surface area contributed by atoms with Gasteiger partial charge in [-0.2, -0.15) is 0 Å². The van der Waals surface area contributed by atoms with Crippen LogP contribution in [0, 0.1) is 5.92 Å². The zero-order valence-electron chi connectivity index (χ0n) is 28.0. The van der Waals surface area contributed by atoms with Gasteiger partial charge >= 0.3 is 0 Å². The van der Waals surface area contributed by atoms with E-state index in [9.17, 15) is 5.11 Å². The molecule has 0 aromatic rings. The zero-order valence-corrected chi connectivity index (χ0v) is 28.0. The first-order chi connectivity index (χ1) is 17.4. The van der Waals surface area contributed by atoms with Crippen LogP contribution in [0.2, 0.25) is 0 Å². The van der Waals surface area contributed by atoms with E-state index in [1.54, 1.807) is 0 Å². The number of nitrogens with one attached hydrogen (secondary N) is 1. The fourth-order valence-corrected chi connectivity index (χ4v) is 4.93. The molecular formula is C32H71N5O. The molecule has 0 unspecified atom stereocenters. The van der Waals surface area contributed by atoms with Gasteiger partial charge in [0.2, 0.25) is 0 Å². The largest absolute Gasteiger partial charge is 0.392 e. The predicted octanol–water partition coefficient (Wildman–Crippen LogP) is 5.58. The van der Waals surface area contributed by atoms with Crippen LogP contribution in [0.1, 0.15) is 122 Å². The molecule has 230 valence electrons. The van der Waals surface area contributed by atoms with Crippen LogP contribution in [0.25, 0.3) is 0 Å². The highest BCUT2D eigenvalue weighted by atomic mass is 16.3. The molecule has 0 amide bonds. The topological polar surface area (TPSA) is 68.0 Å². The van der Waals surface area contributed by atoms with E-state index < -0.39 is 0 Å². The lowest BCUT2D eigenvalue weighted by molar-refractivity contribution is 0.130. The van der Waals surface area contributed by atoms with Crippen LogP contribution in [0.15, 0.2) is 0 Å². The van der Waals surface area contributed by atoms with Crippen molar-refractivity contribution in [3.05, 3.63) is 0 Å². The summed E-state index contributed by atoms with van der Waals surface area (Å²) in [5.41, 5.74) is 6.74. The van der Waals surface area contributed by atoms with E-state index >= 15 is 0 Å². The highest BCUT2D eigenvalue weighted by molar-refractivity contribution is 4.86. The zero-order chi connectivity index (χ0) is 29.6. The first-order valence-electron chi connectivity index (χ1n) is 15.8. The molecule has 6 heteroatoms. The number of β-amino-alcohol motifs (C(OH)–C–C–N with tert-alkyl or cyclic N) is 1. The normalized spacial score (nSPS) is 26.8. The summed E-state index contributed by atoms with van der Waals surface area (Å²) < 4.78 is 0. The van der Waals surface area contributed by atoms with Gasteiger partial charge in [-0.15, -0.1) is 0 Å². The molecule has 4 saturated heterocycles. The monoisotopic (exact) mass is 542 g/mol. The van der Waals surface area contributed by atoms with E-state index in [0.29, 0.717) is 17.1 Å². The molecule has 0 aliphatic carbocycles. The lowest BCUT2D eigenvalue weighted by Crippen LogP contribution is -2.40. The molecule has 4 heterocycles. The Morgan fingerprint density at radius 1 is 0.711 bits per heavy atom. The molecule has 0 spiro atoms. The van der Waals surface area contributed by atoms with E-state index in [1.165, 1.54) is 58.4 Å². The first kappa shape index (κ1) is 37.8. The van der Waals surface area contributed by atoms with E-state index in [4.69, 9.17) is 5.73 Å². The highest BCUT2D eigenvalue weighted by Crippen LogP contribution is 2.21. The minimum Gasteiger partial charge on any atom is -0.392 e. The summed E-state index contributed by atoms with van der Waals surface area (Å²) in [4.78, 5) is 7.31. The average molecular weight is 542 g/mol. The van der Waals surface area contributed by atoms with E-state index in [2.05, 4.69) is 103 Å². The van der Waals surface area contributed by atoms with Gasteiger partial charge in [0, 0.05) is 48.8 Å². The molecule has 0 bridgehead atoms. The quantitative estimate of drug-likeness (QED) is 0.372. The Morgan fingerprint density at radius 3 is 1.34 bits per heavy atom. The molecule has 4 aliphatic heterocycles. The molecular weight excluding hydrogens is 470 g/mol. The molecule has 6 nitrogen and oxygen atoms in total. The van der Waals surface area contributed by atoms with Crippen LogP contribution < -0.4 is 11.1 Å². The van der Waals surface area contributed by atoms with Crippen LogP contribution >= 0.6 is 0 Å². The number of likely N-dealkylation sites (tertiary alicyclic amines) is 3. The smallest absolute Gasteiger partial charge is 0.0679 e. The van der Waals surface area contributed by atoms with Gasteiger partial charge in [0.1, 0.15) is 0 Å². The summed E-state index contributed by atoms with van der Waals surface area (Å²) in [7, 11) is 0. The number of nitrogens with two attached hydrogens (primary N) is 1. The Morgan fingerprint density at radius 2 is 1.16 bits per heavy atom. The molecule has 4 fully saturated rings. The van der Waals surface area contributed by atoms with Gasteiger partial charge in [0.25, 0.3) is 0 Å². The lowest BCUT2D eigenvalue weighted by Gasteiger charge is -2.31. The maximum absolute atomic E-state index is 9.22. The number of hydrogen-bond acceptors (Lipinski definition) is 6. The predicted molar refractivity (Wildman–Crippen MR) is 169 cm³/mol. The number of rotatable bonds is 0. The Balaban J connectivity index is 0.000000470. The fourth-order valence-electron chi connectivity index (χ4n) is 4.93. The van der Waals surface area contributed by atoms with E-state index in [0.717, 1.165) is 38.4 Å². The summed E-state index contributed by atoms with van der Waals surface area (Å²) in [6, 6.07) is 0.416. The second-order valence-corrected chi connectivity index (χ2v) is 14.9. The molecule has 0 saturated carbocycles. The number of aliphatic hydroxyl groups is 1. The van der Waals surface area contributed by atoms with Crippen molar-refractivity contribution in [3.8, 4) is 0 Å². The second kappa shape index (κ2) is 18.2. The van der Waals surface area contributed by atoms with Gasteiger partial charge in [-0.1, -0.05) is 27.2 Å². The SMILES string of the molecule is CC(C)(C)N1CCCC1.CC(C)(C)N1CC[C@@H](N)C1.CC(C)(C)N1CC[C@@H](O)C1.CCC.C[C@H]1CCNC1. The summed E-state index contributed by atoms with van der Waals surface area (Å²) in [6.45, 7) is 35.9. The van der Waals surface area contributed by atoms with Crippen molar-refractivity contribution in [2.75, 3.05) is 52.4 Å². The lowest BCUT2D eigenvalue weighted by atomic mass is 10.1. The molecule has 38 heavy (non-hydrogen) atoms. The highest BCUT2D eigenvalue weighted by Gasteiger charge is 2.29. The van der Waals surface area contributed by atoms with E-state index in [1.807, 2.05) is 0 Å². The second-order valence-electron chi connectivity index (χ2n) is 14.9. The van der Waals surface area contributed by atoms with Crippen molar-refractivity contribution in [1.82, 2.24) is 20.0 Å². The maximum Gasteiger partial charge on any atom is 0.0679 e. The Labute approximate surface area is 239 Å². The van der Waals surface area contributed by atoms with Crippen LogP contribution in [0.5, 0.6) is 0 Å². The van der Waals surface area contributed by atoms with Crippen molar-refractivity contribution in [2.24, 2.45) is 11.7 Å². The van der Waals surface area contributed by atoms with Gasteiger partial charge in [-0.3, -0.25) is 14.7 Å². The van der Waals surface area contributed by atoms with E-state index in [-0.39, 0.29) is 11.6 Å². The summed E-state index contributed by atoms with van der Waals surface area (Å²) >= 11 is 0. The molecule has 0 aromatic carbocycles. The Kier molecular flexibility index (Phi) is 18.1. The molecule has 4 aliphatic rings. The standard InChI is InChI=1S/C8H18N2.C8H17NO.C8H17N.C5H11N.C3H8/c1-8(2,3)10-5-4-7(9)6-10;1-8(2,3)9-5-4-7(10)6-9;1-8(2,3)9-6-4-5-7-9;1-5-2-3-6-4-5;1-3-2/h7H,4-6,9H2,1-3H3;7,10H,4-6H2,1-3H3;4-7H2,1-3H3;5-6H,2-4H2,1H3;3H2,1-2H3/t2*7-;;5-;/m11.0./s1. The molecule has 0 aromatic heterocycles. The van der Waals surface area contributed by atoms with Gasteiger partial charge in [-0.25, -0.2) is 0 Å². The van der Waals surface area contributed by atoms with Gasteiger partial charge in [0.05, 0.1) is 6.10 Å². The average Bonchev–Trinajstić information content (AvgIpc) is 3.57. The number of aliphatic hydroxyl groups excluding tert-OH is 1. The Hall–Kier alpha value is -0.240. The summed E-state index contributed by atoms with van der Waals surface area (Å²) in [5.74, 6) is 0.935. The number of hydrogen-bond donors (Lipinski definition) is 3. The van der Waals surface area contributed by atoms with Gasteiger partial charge < -0.3 is 16.2 Å². The van der Waals surface area contributed by atoms with Crippen LogP contribution in [-0.4, -0.2) is 101 Å². The molecule has 4 N–H and O–H groups in total. The van der Waals surface area contributed by atoms with Crippen LogP contribution in [0.4, 0.5) is 0 Å². The van der Waals surface area contributed by atoms with Crippen LogP contribution in [0.3, 0.4) is 0 Å². The number of nitrogens with zero attached hydrogens (tertiary/aromatic N) is 3. The summed E-state index contributed by atoms with van der Waals surface area (Å²) in [5, 5.41) is 12.5. The van der Waals surface area contributed by atoms with Crippen molar-refractivity contribution < 1.29 is 5.11 Å². The third-order valence-electron chi connectivity index (χ3n) is 7.65. The van der Waals surface area contributed by atoms with Crippen molar-refractivity contribution in [2.45, 2.75) is 150 Å². The fraction of sp³-hybridized carbons (Fsp3) is 1.00. The third kappa shape index (κ3) is 17.5. The molecule has 3 atom stereocenters. The minimum absolute atomic E-state index is 0.0841. The third-order valence-corrected chi connectivity index (χ3v) is 7.65.